The molecule has 0 bridgehead atoms. The molecule has 2 rings (SSSR count). The van der Waals surface area contributed by atoms with Gasteiger partial charge in [-0.25, -0.2) is 0 Å². The van der Waals surface area contributed by atoms with Crippen LogP contribution in [0.15, 0.2) is 12.2 Å². The second-order valence-electron chi connectivity index (χ2n) is 3.39. The van der Waals surface area contributed by atoms with Gasteiger partial charge in [-0.15, -0.1) is 0 Å². The zero-order valence-electron chi connectivity index (χ0n) is 6.87. The van der Waals surface area contributed by atoms with E-state index in [1.807, 2.05) is 0 Å². The fourth-order valence-electron chi connectivity index (χ4n) is 1.86. The molecule has 72 valence electrons. The van der Waals surface area contributed by atoms with Gasteiger partial charge in [0.15, 0.2) is 0 Å². The molecular weight excluding hydrogens is 174 g/mol. The second-order valence-corrected chi connectivity index (χ2v) is 3.39. The van der Waals surface area contributed by atoms with Crippen LogP contribution in [0.2, 0.25) is 0 Å². The summed E-state index contributed by atoms with van der Waals surface area (Å²) in [4.78, 5) is 12.5. The Morgan fingerprint density at radius 3 is 2.69 bits per heavy atom. The van der Waals surface area contributed by atoms with Gasteiger partial charge in [-0.3, -0.25) is 4.79 Å². The third-order valence-electron chi connectivity index (χ3n) is 2.56. The third-order valence-corrected chi connectivity index (χ3v) is 2.56. The maximum absolute atomic E-state index is 11.2. The maximum Gasteiger partial charge on any atom is 0.246 e. The van der Waals surface area contributed by atoms with E-state index in [0.717, 1.165) is 0 Å². The second kappa shape index (κ2) is 2.80. The minimum atomic E-state index is -1.05. The number of fused-ring (bicyclic) bond motifs is 1. The highest BCUT2D eigenvalue weighted by Crippen LogP contribution is 2.25. The number of rotatable bonds is 0. The van der Waals surface area contributed by atoms with Crippen molar-refractivity contribution in [2.24, 2.45) is 0 Å². The van der Waals surface area contributed by atoms with Crippen molar-refractivity contribution in [1.82, 2.24) is 4.90 Å². The summed E-state index contributed by atoms with van der Waals surface area (Å²) in [5.74, 6) is -0.272. The predicted octanol–water partition coefficient (Wildman–Crippen LogP) is -2.15. The molecule has 0 aliphatic carbocycles. The van der Waals surface area contributed by atoms with Crippen molar-refractivity contribution in [3.63, 3.8) is 0 Å². The topological polar surface area (TPSA) is 81.0 Å². The Labute approximate surface area is 74.9 Å². The minimum absolute atomic E-state index is 0.0894. The number of carbonyl (C=O) groups is 1. The van der Waals surface area contributed by atoms with Gasteiger partial charge >= 0.3 is 0 Å². The smallest absolute Gasteiger partial charge is 0.246 e. The molecule has 5 nitrogen and oxygen atoms in total. The maximum atomic E-state index is 11.2. The molecule has 0 saturated carbocycles. The first-order chi connectivity index (χ1) is 6.11. The Kier molecular flexibility index (Phi) is 1.87. The number of aliphatic hydroxyl groups excluding tert-OH is 3. The summed E-state index contributed by atoms with van der Waals surface area (Å²) >= 11 is 0. The van der Waals surface area contributed by atoms with Gasteiger partial charge in [-0.2, -0.15) is 0 Å². The first-order valence-corrected chi connectivity index (χ1v) is 4.14. The van der Waals surface area contributed by atoms with Gasteiger partial charge in [0.25, 0.3) is 0 Å². The number of nitrogens with zero attached hydrogens (tertiary/aromatic N) is 1. The number of carbonyl (C=O) groups excluding carboxylic acids is 1. The van der Waals surface area contributed by atoms with Crippen LogP contribution >= 0.6 is 0 Å². The summed E-state index contributed by atoms with van der Waals surface area (Å²) in [6.45, 7) is 0.0894. The molecule has 13 heavy (non-hydrogen) atoms. The van der Waals surface area contributed by atoms with Crippen molar-refractivity contribution in [1.29, 1.82) is 0 Å². The first kappa shape index (κ1) is 8.68. The first-order valence-electron chi connectivity index (χ1n) is 4.14. The highest BCUT2D eigenvalue weighted by molar-refractivity contribution is 5.89. The van der Waals surface area contributed by atoms with Gasteiger partial charge in [-0.1, -0.05) is 0 Å². The number of hydrogen-bond acceptors (Lipinski definition) is 4. The number of aliphatic hydroxyl groups is 3. The molecule has 4 atom stereocenters. The molecule has 1 saturated heterocycles. The van der Waals surface area contributed by atoms with Crippen LogP contribution in [0.3, 0.4) is 0 Å². The van der Waals surface area contributed by atoms with Crippen LogP contribution in [0.1, 0.15) is 0 Å². The van der Waals surface area contributed by atoms with Crippen molar-refractivity contribution >= 4 is 5.91 Å². The molecule has 2 heterocycles. The molecule has 0 aromatic carbocycles. The fourth-order valence-corrected chi connectivity index (χ4v) is 1.86. The summed E-state index contributed by atoms with van der Waals surface area (Å²) in [5, 5.41) is 28.2. The van der Waals surface area contributed by atoms with E-state index in [1.165, 1.54) is 17.1 Å². The molecule has 3 N–H and O–H groups in total. The van der Waals surface area contributed by atoms with Gasteiger partial charge in [0.05, 0.1) is 24.8 Å². The number of hydrogen-bond donors (Lipinski definition) is 3. The van der Waals surface area contributed by atoms with Gasteiger partial charge in [0.2, 0.25) is 5.91 Å². The Morgan fingerprint density at radius 1 is 1.38 bits per heavy atom. The summed E-state index contributed by atoms with van der Waals surface area (Å²) < 4.78 is 0. The van der Waals surface area contributed by atoms with Crippen LogP contribution in [0.25, 0.3) is 0 Å². The van der Waals surface area contributed by atoms with E-state index in [2.05, 4.69) is 0 Å². The quantitative estimate of drug-likeness (QED) is 0.402. The highest BCUT2D eigenvalue weighted by Gasteiger charge is 2.46. The van der Waals surface area contributed by atoms with E-state index in [4.69, 9.17) is 0 Å². The van der Waals surface area contributed by atoms with E-state index in [1.54, 1.807) is 0 Å². The molecule has 0 aromatic rings. The third kappa shape index (κ3) is 1.16. The largest absolute Gasteiger partial charge is 0.388 e. The molecule has 0 radical (unpaired) electrons. The van der Waals surface area contributed by atoms with Gasteiger partial charge in [0.1, 0.15) is 6.10 Å². The van der Waals surface area contributed by atoms with Crippen molar-refractivity contribution < 1.29 is 20.1 Å². The zero-order valence-corrected chi connectivity index (χ0v) is 6.87. The predicted molar refractivity (Wildman–Crippen MR) is 42.7 cm³/mol. The fraction of sp³-hybridized carbons (Fsp3) is 0.625. The van der Waals surface area contributed by atoms with Crippen LogP contribution in [-0.4, -0.2) is 57.0 Å². The van der Waals surface area contributed by atoms with E-state index in [-0.39, 0.29) is 12.5 Å². The molecule has 2 aliphatic heterocycles. The van der Waals surface area contributed by atoms with Crippen LogP contribution in [0.4, 0.5) is 0 Å². The molecule has 1 amide bonds. The molecular formula is C8H11NO4. The Balaban J connectivity index is 2.29. The summed E-state index contributed by atoms with van der Waals surface area (Å²) in [6, 6.07) is -0.688. The van der Waals surface area contributed by atoms with Crippen molar-refractivity contribution in [3.05, 3.63) is 12.2 Å². The van der Waals surface area contributed by atoms with Crippen LogP contribution in [0.5, 0.6) is 0 Å². The zero-order chi connectivity index (χ0) is 9.59. The highest BCUT2D eigenvalue weighted by atomic mass is 16.3. The van der Waals surface area contributed by atoms with Gasteiger partial charge in [-0.05, 0) is 6.08 Å². The lowest BCUT2D eigenvalue weighted by Gasteiger charge is -2.30. The summed E-state index contributed by atoms with van der Waals surface area (Å²) in [6.07, 6.45) is -0.298. The monoisotopic (exact) mass is 185 g/mol. The van der Waals surface area contributed by atoms with Gasteiger partial charge in [0, 0.05) is 6.08 Å². The van der Waals surface area contributed by atoms with Crippen molar-refractivity contribution in [2.45, 2.75) is 24.4 Å². The lowest BCUT2D eigenvalue weighted by atomic mass is 10.0. The SMILES string of the molecule is O=C1C=CC(O)C2[C@H](O)C(O)CN12. The summed E-state index contributed by atoms with van der Waals surface area (Å²) in [7, 11) is 0. The van der Waals surface area contributed by atoms with Crippen LogP contribution in [-0.2, 0) is 4.79 Å². The molecule has 3 unspecified atom stereocenters. The lowest BCUT2D eigenvalue weighted by Crippen LogP contribution is -2.49. The van der Waals surface area contributed by atoms with E-state index in [0.29, 0.717) is 0 Å². The molecule has 1 fully saturated rings. The Morgan fingerprint density at radius 2 is 2.08 bits per heavy atom. The van der Waals surface area contributed by atoms with Crippen LogP contribution in [0, 0.1) is 0 Å². The standard InChI is InChI=1S/C8H11NO4/c10-4-1-2-6(12)9-3-5(11)8(13)7(4)9/h1-2,4-5,7-8,10-11,13H,3H2/t4?,5?,7?,8-/m1/s1. The molecule has 0 aromatic heterocycles. The van der Waals surface area contributed by atoms with Crippen molar-refractivity contribution in [3.8, 4) is 0 Å². The number of amides is 1. The molecule has 5 heteroatoms. The van der Waals surface area contributed by atoms with E-state index >= 15 is 0 Å². The minimum Gasteiger partial charge on any atom is -0.388 e. The Hall–Kier alpha value is -0.910. The van der Waals surface area contributed by atoms with E-state index < -0.39 is 24.4 Å². The molecule has 0 spiro atoms. The van der Waals surface area contributed by atoms with E-state index in [9.17, 15) is 20.1 Å². The lowest BCUT2D eigenvalue weighted by molar-refractivity contribution is -0.131. The average Bonchev–Trinajstić information content (AvgIpc) is 2.38. The summed E-state index contributed by atoms with van der Waals surface area (Å²) in [5.41, 5.74) is 0. The van der Waals surface area contributed by atoms with Crippen LogP contribution < -0.4 is 0 Å². The molecule has 2 aliphatic rings. The average molecular weight is 185 g/mol. The normalized spacial score (nSPS) is 43.9. The Bertz CT molecular complexity index is 265. The van der Waals surface area contributed by atoms with Crippen molar-refractivity contribution in [2.75, 3.05) is 6.54 Å². The van der Waals surface area contributed by atoms with Gasteiger partial charge < -0.3 is 20.2 Å².